The van der Waals surface area contributed by atoms with Crippen LogP contribution in [0.25, 0.3) is 0 Å². The first-order chi connectivity index (χ1) is 10.5. The second kappa shape index (κ2) is 7.95. The van der Waals surface area contributed by atoms with E-state index in [9.17, 15) is 14.7 Å². The van der Waals surface area contributed by atoms with E-state index >= 15 is 0 Å². The van der Waals surface area contributed by atoms with Crippen LogP contribution >= 0.6 is 0 Å². The summed E-state index contributed by atoms with van der Waals surface area (Å²) in [4.78, 5) is 25.1. The quantitative estimate of drug-likeness (QED) is 0.708. The molecule has 2 aliphatic rings. The highest BCUT2D eigenvalue weighted by molar-refractivity contribution is 5.79. The van der Waals surface area contributed by atoms with E-state index < -0.39 is 11.4 Å². The van der Waals surface area contributed by atoms with Gasteiger partial charge in [0.05, 0.1) is 12.0 Å². The van der Waals surface area contributed by atoms with Gasteiger partial charge in [-0.3, -0.25) is 14.5 Å². The molecule has 0 bridgehead atoms. The lowest BCUT2D eigenvalue weighted by molar-refractivity contribution is -0.147. The van der Waals surface area contributed by atoms with Crippen molar-refractivity contribution in [2.24, 2.45) is 11.3 Å². The van der Waals surface area contributed by atoms with Crippen LogP contribution in [0.4, 0.5) is 0 Å². The number of amides is 1. The fourth-order valence-corrected chi connectivity index (χ4v) is 3.72. The Bertz CT molecular complexity index is 393. The molecule has 0 aromatic rings. The van der Waals surface area contributed by atoms with Gasteiger partial charge in [-0.1, -0.05) is 32.1 Å². The number of likely N-dealkylation sites (tertiary alicyclic amines) is 1. The van der Waals surface area contributed by atoms with Crippen LogP contribution in [-0.4, -0.2) is 48.1 Å². The van der Waals surface area contributed by atoms with Gasteiger partial charge in [0.15, 0.2) is 0 Å². The maximum atomic E-state index is 11.9. The summed E-state index contributed by atoms with van der Waals surface area (Å²) in [5, 5.41) is 12.2. The summed E-state index contributed by atoms with van der Waals surface area (Å²) in [6.07, 6.45) is 9.74. The number of carboxylic acids is 1. The van der Waals surface area contributed by atoms with Crippen LogP contribution in [0.1, 0.15) is 58.3 Å². The third kappa shape index (κ3) is 4.97. The molecule has 2 N–H and O–H groups in total. The number of carbonyl (C=O) groups excluding carboxylic acids is 1. The molecule has 0 spiro atoms. The van der Waals surface area contributed by atoms with Gasteiger partial charge in [-0.2, -0.15) is 0 Å². The maximum absolute atomic E-state index is 11.9. The Hall–Kier alpha value is -1.10. The van der Waals surface area contributed by atoms with Gasteiger partial charge < -0.3 is 10.4 Å². The zero-order valence-electron chi connectivity index (χ0n) is 13.8. The van der Waals surface area contributed by atoms with E-state index in [0.717, 1.165) is 18.9 Å². The third-order valence-corrected chi connectivity index (χ3v) is 5.27. The van der Waals surface area contributed by atoms with E-state index in [4.69, 9.17) is 0 Å². The second-order valence-electron chi connectivity index (χ2n) is 7.32. The number of rotatable bonds is 7. The molecular formula is C17H30N2O3. The Morgan fingerprint density at radius 2 is 2.00 bits per heavy atom. The third-order valence-electron chi connectivity index (χ3n) is 5.27. The number of carbonyl (C=O) groups is 2. The standard InChI is InChI=1S/C17H30N2O3/c1-17(16(21)22)9-11-19(13-17)12-15(20)18-10-5-8-14-6-3-2-4-7-14/h14H,2-13H2,1H3,(H,18,20)(H,21,22). The number of carboxylic acid groups (broad SMARTS) is 1. The molecule has 0 radical (unpaired) electrons. The SMILES string of the molecule is CC1(C(=O)O)CCN(CC(=O)NCCCC2CCCCC2)C1. The van der Waals surface area contributed by atoms with Gasteiger partial charge >= 0.3 is 5.97 Å². The summed E-state index contributed by atoms with van der Waals surface area (Å²) in [6, 6.07) is 0. The molecule has 1 aliphatic carbocycles. The van der Waals surface area contributed by atoms with E-state index in [0.29, 0.717) is 26.1 Å². The highest BCUT2D eigenvalue weighted by Crippen LogP contribution is 2.29. The minimum atomic E-state index is -0.761. The van der Waals surface area contributed by atoms with E-state index in [1.165, 1.54) is 38.5 Å². The second-order valence-corrected chi connectivity index (χ2v) is 7.32. The molecule has 2 fully saturated rings. The van der Waals surface area contributed by atoms with Crippen LogP contribution in [0.15, 0.2) is 0 Å². The van der Waals surface area contributed by atoms with Gasteiger partial charge in [-0.15, -0.1) is 0 Å². The molecule has 1 heterocycles. The summed E-state index contributed by atoms with van der Waals surface area (Å²) in [5.74, 6) is 0.127. The van der Waals surface area contributed by atoms with Crippen molar-refractivity contribution in [1.82, 2.24) is 10.2 Å². The average molecular weight is 310 g/mol. The molecule has 1 aliphatic heterocycles. The summed E-state index contributed by atoms with van der Waals surface area (Å²) < 4.78 is 0. The monoisotopic (exact) mass is 310 g/mol. The Morgan fingerprint density at radius 3 is 2.64 bits per heavy atom. The Kier molecular flexibility index (Phi) is 6.24. The lowest BCUT2D eigenvalue weighted by atomic mass is 9.86. The topological polar surface area (TPSA) is 69.6 Å². The van der Waals surface area contributed by atoms with E-state index in [1.54, 1.807) is 6.92 Å². The molecule has 1 amide bonds. The number of nitrogens with zero attached hydrogens (tertiary/aromatic N) is 1. The fraction of sp³-hybridized carbons (Fsp3) is 0.882. The first kappa shape index (κ1) is 17.3. The van der Waals surface area contributed by atoms with Gasteiger partial charge in [-0.25, -0.2) is 0 Å². The molecule has 22 heavy (non-hydrogen) atoms. The van der Waals surface area contributed by atoms with Crippen molar-refractivity contribution in [3.63, 3.8) is 0 Å². The molecule has 5 nitrogen and oxygen atoms in total. The zero-order valence-corrected chi connectivity index (χ0v) is 13.8. The highest BCUT2D eigenvalue weighted by atomic mass is 16.4. The maximum Gasteiger partial charge on any atom is 0.310 e. The molecule has 1 saturated heterocycles. The van der Waals surface area contributed by atoms with Crippen LogP contribution in [0.2, 0.25) is 0 Å². The molecular weight excluding hydrogens is 280 g/mol. The summed E-state index contributed by atoms with van der Waals surface area (Å²) in [6.45, 7) is 4.00. The first-order valence-corrected chi connectivity index (χ1v) is 8.72. The number of hydrogen-bond donors (Lipinski definition) is 2. The number of nitrogens with one attached hydrogen (secondary N) is 1. The Morgan fingerprint density at radius 1 is 1.27 bits per heavy atom. The lowest BCUT2D eigenvalue weighted by Crippen LogP contribution is -2.38. The molecule has 5 heteroatoms. The Balaban J connectivity index is 1.57. The van der Waals surface area contributed by atoms with E-state index in [2.05, 4.69) is 5.32 Å². The van der Waals surface area contributed by atoms with Gasteiger partial charge in [0.25, 0.3) is 0 Å². The lowest BCUT2D eigenvalue weighted by Gasteiger charge is -2.21. The predicted octanol–water partition coefficient (Wildman–Crippen LogP) is 2.26. The Labute approximate surface area is 133 Å². The van der Waals surface area contributed by atoms with Crippen LogP contribution in [0, 0.1) is 11.3 Å². The summed E-state index contributed by atoms with van der Waals surface area (Å²) in [7, 11) is 0. The van der Waals surface area contributed by atoms with Crippen molar-refractivity contribution < 1.29 is 14.7 Å². The summed E-state index contributed by atoms with van der Waals surface area (Å²) >= 11 is 0. The van der Waals surface area contributed by atoms with Crippen molar-refractivity contribution in [3.05, 3.63) is 0 Å². The molecule has 1 atom stereocenters. The fourth-order valence-electron chi connectivity index (χ4n) is 3.72. The number of hydrogen-bond acceptors (Lipinski definition) is 3. The van der Waals surface area contributed by atoms with Crippen molar-refractivity contribution in [1.29, 1.82) is 0 Å². The van der Waals surface area contributed by atoms with Gasteiger partial charge in [0, 0.05) is 13.1 Å². The minimum Gasteiger partial charge on any atom is -0.481 e. The normalized spacial score (nSPS) is 27.0. The van der Waals surface area contributed by atoms with Crippen LogP contribution in [0.3, 0.4) is 0 Å². The number of aliphatic carboxylic acids is 1. The van der Waals surface area contributed by atoms with Gasteiger partial charge in [0.1, 0.15) is 0 Å². The molecule has 1 saturated carbocycles. The van der Waals surface area contributed by atoms with Crippen LogP contribution in [0.5, 0.6) is 0 Å². The largest absolute Gasteiger partial charge is 0.481 e. The molecule has 2 rings (SSSR count). The smallest absolute Gasteiger partial charge is 0.310 e. The minimum absolute atomic E-state index is 0.0262. The predicted molar refractivity (Wildman–Crippen MR) is 85.6 cm³/mol. The van der Waals surface area contributed by atoms with Crippen molar-refractivity contribution in [3.8, 4) is 0 Å². The summed E-state index contributed by atoms with van der Waals surface area (Å²) in [5.41, 5.74) is -0.693. The van der Waals surface area contributed by atoms with Crippen molar-refractivity contribution >= 4 is 11.9 Å². The van der Waals surface area contributed by atoms with Crippen molar-refractivity contribution in [2.45, 2.75) is 58.3 Å². The molecule has 126 valence electrons. The van der Waals surface area contributed by atoms with Gasteiger partial charge in [0.2, 0.25) is 5.91 Å². The van der Waals surface area contributed by atoms with E-state index in [1.807, 2.05) is 4.90 Å². The van der Waals surface area contributed by atoms with Crippen molar-refractivity contribution in [2.75, 3.05) is 26.2 Å². The van der Waals surface area contributed by atoms with Gasteiger partial charge in [-0.05, 0) is 38.6 Å². The molecule has 0 aromatic heterocycles. The van der Waals surface area contributed by atoms with E-state index in [-0.39, 0.29) is 5.91 Å². The average Bonchev–Trinajstić information content (AvgIpc) is 2.87. The van der Waals surface area contributed by atoms with Crippen LogP contribution in [-0.2, 0) is 9.59 Å². The zero-order chi connectivity index (χ0) is 16.0. The molecule has 0 aromatic carbocycles. The van der Waals surface area contributed by atoms with Crippen LogP contribution < -0.4 is 5.32 Å². The molecule has 1 unspecified atom stereocenters. The first-order valence-electron chi connectivity index (χ1n) is 8.72. The highest BCUT2D eigenvalue weighted by Gasteiger charge is 2.40.